The minimum Gasteiger partial charge on any atom is -0.309 e. The second kappa shape index (κ2) is 11.5. The molecule has 4 fully saturated rings. The maximum absolute atomic E-state index is 4.84. The van der Waals surface area contributed by atoms with Gasteiger partial charge in [0.2, 0.25) is 0 Å². The summed E-state index contributed by atoms with van der Waals surface area (Å²) in [5.41, 5.74) is 15.3. The molecular weight excluding hydrogens is 655 g/mol. The summed E-state index contributed by atoms with van der Waals surface area (Å²) in [5.74, 6) is 3.28. The van der Waals surface area contributed by atoms with Crippen LogP contribution in [0.3, 0.4) is 0 Å². The number of nitrogens with zero attached hydrogens (tertiary/aromatic N) is 3. The maximum atomic E-state index is 4.84. The fraction of sp³-hybridized carbons (Fsp3) is 0.196. The minimum atomic E-state index is 0.100. The van der Waals surface area contributed by atoms with Crippen molar-refractivity contribution in [3.05, 3.63) is 175 Å². The quantitative estimate of drug-likeness (QED) is 0.183. The lowest BCUT2D eigenvalue weighted by Gasteiger charge is -2.64. The minimum absolute atomic E-state index is 0.100. The molecule has 3 nitrogen and oxygen atoms in total. The van der Waals surface area contributed by atoms with Crippen molar-refractivity contribution < 1.29 is 0 Å². The van der Waals surface area contributed by atoms with Gasteiger partial charge in [-0.05, 0) is 138 Å². The van der Waals surface area contributed by atoms with E-state index in [0.717, 1.165) is 35.0 Å². The number of fused-ring (bicyclic) bond motifs is 5. The Bertz CT molecular complexity index is 2640. The molecule has 13 rings (SSSR count). The summed E-state index contributed by atoms with van der Waals surface area (Å²) in [7, 11) is 0. The molecule has 54 heavy (non-hydrogen) atoms. The van der Waals surface area contributed by atoms with Gasteiger partial charge in [-0.1, -0.05) is 103 Å². The number of para-hydroxylation sites is 4. The first-order valence-corrected chi connectivity index (χ1v) is 19.9. The largest absolute Gasteiger partial charge is 0.309 e. The third kappa shape index (κ3) is 4.21. The number of hydrogen-bond acceptors (Lipinski definition) is 2. The van der Waals surface area contributed by atoms with Crippen molar-refractivity contribution in [2.24, 2.45) is 23.7 Å². The van der Waals surface area contributed by atoms with Crippen LogP contribution >= 0.6 is 0 Å². The van der Waals surface area contributed by atoms with Crippen LogP contribution in [0.2, 0.25) is 0 Å². The lowest BCUT2D eigenvalue weighted by Crippen LogP contribution is -2.57. The Morgan fingerprint density at radius 2 is 1.07 bits per heavy atom. The second-order valence-corrected chi connectivity index (χ2v) is 16.4. The first kappa shape index (κ1) is 30.5. The Balaban J connectivity index is 0.990. The topological polar surface area (TPSA) is 21.1 Å². The molecule has 5 aliphatic rings. The molecule has 260 valence electrons. The van der Waals surface area contributed by atoms with Crippen LogP contribution in [0.15, 0.2) is 164 Å². The molecule has 0 amide bonds. The summed E-state index contributed by atoms with van der Waals surface area (Å²) in [6.07, 6.45) is 8.89. The van der Waals surface area contributed by atoms with Crippen LogP contribution in [-0.4, -0.2) is 9.55 Å². The molecule has 0 N–H and O–H groups in total. The highest BCUT2D eigenvalue weighted by Gasteiger charge is 2.61. The van der Waals surface area contributed by atoms with Gasteiger partial charge in [-0.3, -0.25) is 4.57 Å². The molecular formula is C51H41N3. The lowest BCUT2D eigenvalue weighted by atomic mass is 9.41. The summed E-state index contributed by atoms with van der Waals surface area (Å²) >= 11 is 0. The molecule has 1 aliphatic heterocycles. The van der Waals surface area contributed by atoms with Gasteiger partial charge in [0.05, 0.1) is 22.6 Å². The molecule has 1 spiro atoms. The Kier molecular flexibility index (Phi) is 6.52. The van der Waals surface area contributed by atoms with Crippen LogP contribution in [0.1, 0.15) is 43.2 Å². The van der Waals surface area contributed by atoms with E-state index in [1.165, 1.54) is 87.7 Å². The predicted octanol–water partition coefficient (Wildman–Crippen LogP) is 13.0. The molecule has 6 aromatic carbocycles. The summed E-state index contributed by atoms with van der Waals surface area (Å²) in [6, 6.07) is 58.8. The van der Waals surface area contributed by atoms with Crippen molar-refractivity contribution in [1.29, 1.82) is 0 Å². The molecule has 0 unspecified atom stereocenters. The van der Waals surface area contributed by atoms with E-state index in [1.54, 1.807) is 11.1 Å². The Hall–Kier alpha value is -5.93. The van der Waals surface area contributed by atoms with Crippen molar-refractivity contribution in [3.63, 3.8) is 0 Å². The summed E-state index contributed by atoms with van der Waals surface area (Å²) in [4.78, 5) is 7.44. The van der Waals surface area contributed by atoms with E-state index in [0.29, 0.717) is 0 Å². The van der Waals surface area contributed by atoms with Crippen LogP contribution < -0.4 is 4.90 Å². The number of aromatic nitrogens is 2. The first-order valence-electron chi connectivity index (χ1n) is 19.9. The average molecular weight is 696 g/mol. The Morgan fingerprint density at radius 1 is 0.481 bits per heavy atom. The Labute approximate surface area is 316 Å². The van der Waals surface area contributed by atoms with Gasteiger partial charge in [-0.2, -0.15) is 0 Å². The average Bonchev–Trinajstić information content (AvgIpc) is 3.57. The SMILES string of the molecule is c1cc(-c2cccc(-n3c4ccccc4c4cccnc43)c2)cc(-c2ccccc2N2c3ccccc3C3(c4ccccc42)C2CC4C[C@H](C2)C[C@H]3C4)c1. The van der Waals surface area contributed by atoms with Gasteiger partial charge in [0, 0.05) is 33.6 Å². The van der Waals surface area contributed by atoms with Crippen molar-refractivity contribution in [1.82, 2.24) is 9.55 Å². The highest BCUT2D eigenvalue weighted by atomic mass is 15.2. The number of rotatable bonds is 4. The summed E-state index contributed by atoms with van der Waals surface area (Å²) < 4.78 is 2.30. The maximum Gasteiger partial charge on any atom is 0.145 e. The number of anilines is 3. The molecule has 0 radical (unpaired) electrons. The fourth-order valence-corrected chi connectivity index (χ4v) is 12.0. The van der Waals surface area contributed by atoms with Crippen molar-refractivity contribution in [3.8, 4) is 27.9 Å². The van der Waals surface area contributed by atoms with Gasteiger partial charge < -0.3 is 4.90 Å². The van der Waals surface area contributed by atoms with Gasteiger partial charge in [0.25, 0.3) is 0 Å². The number of pyridine rings is 1. The molecule has 0 atom stereocenters. The van der Waals surface area contributed by atoms with Crippen LogP contribution in [0.25, 0.3) is 49.9 Å². The predicted molar refractivity (Wildman–Crippen MR) is 222 cm³/mol. The molecule has 2 aromatic heterocycles. The zero-order valence-electron chi connectivity index (χ0n) is 30.3. The smallest absolute Gasteiger partial charge is 0.145 e. The lowest BCUT2D eigenvalue weighted by molar-refractivity contribution is -0.0419. The standard InChI is InChI=1S/C51H41N3/c1-5-21-46(54-48-23-7-3-19-44(48)51(45-20-4-8-24-49(45)54)38-27-33-26-34(29-38)30-39(51)28-33)41(16-1)37-14-9-12-35(31-37)36-13-10-15-40(32-36)53-47-22-6-2-17-42(47)43-18-11-25-52-50(43)53/h1-25,31-34,38-39H,26-30H2/t33-,34?,38-,39?/m0/s1. The van der Waals surface area contributed by atoms with E-state index < -0.39 is 0 Å². The second-order valence-electron chi connectivity index (χ2n) is 16.4. The first-order chi connectivity index (χ1) is 26.8. The van der Waals surface area contributed by atoms with Crippen LogP contribution in [0.4, 0.5) is 17.1 Å². The van der Waals surface area contributed by atoms with E-state index in [9.17, 15) is 0 Å². The zero-order valence-corrected chi connectivity index (χ0v) is 30.3. The molecule has 3 heteroatoms. The third-order valence-corrected chi connectivity index (χ3v) is 13.8. The summed E-state index contributed by atoms with van der Waals surface area (Å²) in [6.45, 7) is 0. The van der Waals surface area contributed by atoms with E-state index in [-0.39, 0.29) is 5.41 Å². The molecule has 4 aliphatic carbocycles. The number of benzene rings is 6. The van der Waals surface area contributed by atoms with E-state index in [2.05, 4.69) is 161 Å². The van der Waals surface area contributed by atoms with Gasteiger partial charge in [0.1, 0.15) is 5.65 Å². The highest BCUT2D eigenvalue weighted by molar-refractivity contribution is 6.07. The molecule has 8 aromatic rings. The van der Waals surface area contributed by atoms with Gasteiger partial charge in [0.15, 0.2) is 0 Å². The van der Waals surface area contributed by atoms with Crippen LogP contribution in [0, 0.1) is 23.7 Å². The van der Waals surface area contributed by atoms with Gasteiger partial charge in [-0.25, -0.2) is 4.98 Å². The highest BCUT2D eigenvalue weighted by Crippen LogP contribution is 2.69. The Morgan fingerprint density at radius 3 is 1.83 bits per heavy atom. The van der Waals surface area contributed by atoms with Gasteiger partial charge >= 0.3 is 0 Å². The molecule has 4 saturated carbocycles. The van der Waals surface area contributed by atoms with Crippen molar-refractivity contribution in [2.45, 2.75) is 37.5 Å². The van der Waals surface area contributed by atoms with E-state index >= 15 is 0 Å². The van der Waals surface area contributed by atoms with Crippen LogP contribution in [-0.2, 0) is 5.41 Å². The molecule has 0 saturated heterocycles. The zero-order chi connectivity index (χ0) is 35.4. The van der Waals surface area contributed by atoms with Crippen molar-refractivity contribution in [2.75, 3.05) is 4.90 Å². The van der Waals surface area contributed by atoms with Crippen molar-refractivity contribution >= 4 is 39.0 Å². The van der Waals surface area contributed by atoms with E-state index in [1.807, 2.05) is 12.3 Å². The normalized spacial score (nSPS) is 21.8. The third-order valence-electron chi connectivity index (χ3n) is 13.8. The molecule has 4 bridgehead atoms. The summed E-state index contributed by atoms with van der Waals surface area (Å²) in [5, 5.41) is 2.40. The van der Waals surface area contributed by atoms with Crippen LogP contribution in [0.5, 0.6) is 0 Å². The fourth-order valence-electron chi connectivity index (χ4n) is 12.0. The number of hydrogen-bond donors (Lipinski definition) is 0. The molecule has 3 heterocycles. The monoisotopic (exact) mass is 695 g/mol. The van der Waals surface area contributed by atoms with Gasteiger partial charge in [-0.15, -0.1) is 0 Å². The van der Waals surface area contributed by atoms with E-state index in [4.69, 9.17) is 4.98 Å².